The predicted molar refractivity (Wildman–Crippen MR) is 81.5 cm³/mol. The van der Waals surface area contributed by atoms with Crippen molar-refractivity contribution in [2.24, 2.45) is 0 Å². The van der Waals surface area contributed by atoms with Crippen LogP contribution in [0.15, 0.2) is 24.3 Å². The van der Waals surface area contributed by atoms with E-state index in [9.17, 15) is 9.59 Å². The first-order chi connectivity index (χ1) is 9.97. The van der Waals surface area contributed by atoms with E-state index in [0.29, 0.717) is 17.9 Å². The monoisotopic (exact) mass is 290 g/mol. The summed E-state index contributed by atoms with van der Waals surface area (Å²) in [4.78, 5) is 25.6. The van der Waals surface area contributed by atoms with E-state index in [0.717, 1.165) is 13.1 Å². The Morgan fingerprint density at radius 2 is 2.00 bits per heavy atom. The molecule has 1 heterocycles. The van der Waals surface area contributed by atoms with Crippen molar-refractivity contribution in [2.45, 2.75) is 32.9 Å². The van der Waals surface area contributed by atoms with Crippen LogP contribution in [-0.2, 0) is 9.53 Å². The smallest absolute Gasteiger partial charge is 0.241 e. The van der Waals surface area contributed by atoms with Crippen LogP contribution in [0.3, 0.4) is 0 Å². The number of hydrogen-bond donors (Lipinski definition) is 1. The number of morpholine rings is 1. The number of anilines is 1. The topological polar surface area (TPSA) is 58.6 Å². The van der Waals surface area contributed by atoms with Gasteiger partial charge in [-0.15, -0.1) is 0 Å². The molecular formula is C16H22N2O3. The average Bonchev–Trinajstić information content (AvgIpc) is 2.47. The number of ketones is 1. The van der Waals surface area contributed by atoms with Crippen molar-refractivity contribution < 1.29 is 14.3 Å². The third kappa shape index (κ3) is 4.12. The second-order valence-electron chi connectivity index (χ2n) is 5.48. The minimum Gasteiger partial charge on any atom is -0.376 e. The summed E-state index contributed by atoms with van der Waals surface area (Å²) in [5.41, 5.74) is 1.35. The molecule has 1 aromatic rings. The number of carbonyl (C=O) groups is 2. The van der Waals surface area contributed by atoms with Crippen LogP contribution in [0, 0.1) is 0 Å². The Bertz CT molecular complexity index is 513. The highest BCUT2D eigenvalue weighted by Crippen LogP contribution is 2.13. The Morgan fingerprint density at radius 3 is 2.57 bits per heavy atom. The summed E-state index contributed by atoms with van der Waals surface area (Å²) in [6.07, 6.45) is 0.156. The van der Waals surface area contributed by atoms with E-state index < -0.39 is 0 Å². The molecule has 1 aliphatic rings. The summed E-state index contributed by atoms with van der Waals surface area (Å²) >= 11 is 0. The second-order valence-corrected chi connectivity index (χ2v) is 5.48. The zero-order chi connectivity index (χ0) is 15.4. The minimum atomic E-state index is -0.205. The van der Waals surface area contributed by atoms with Crippen molar-refractivity contribution in [1.29, 1.82) is 0 Å². The predicted octanol–water partition coefficient (Wildman–Crippen LogP) is 1.94. The number of nitrogens with zero attached hydrogens (tertiary/aromatic N) is 1. The SMILES string of the molecule is CC(=O)c1ccc(NC(=O)C(C)N2CCOC(C)C2)cc1. The zero-order valence-electron chi connectivity index (χ0n) is 12.8. The second kappa shape index (κ2) is 6.83. The number of amides is 1. The standard InChI is InChI=1S/C16H22N2O3/c1-11-10-18(8-9-21-11)12(2)16(20)17-15-6-4-14(5-7-15)13(3)19/h4-7,11-12H,8-10H2,1-3H3,(H,17,20). The third-order valence-electron chi connectivity index (χ3n) is 3.76. The minimum absolute atomic E-state index is 0.0172. The molecule has 1 N–H and O–H groups in total. The van der Waals surface area contributed by atoms with Gasteiger partial charge >= 0.3 is 0 Å². The summed E-state index contributed by atoms with van der Waals surface area (Å²) < 4.78 is 5.49. The fourth-order valence-electron chi connectivity index (χ4n) is 2.40. The van der Waals surface area contributed by atoms with Crippen molar-refractivity contribution in [3.63, 3.8) is 0 Å². The van der Waals surface area contributed by atoms with Crippen LogP contribution in [0.2, 0.25) is 0 Å². The Kier molecular flexibility index (Phi) is 5.09. The molecule has 0 saturated carbocycles. The molecule has 0 radical (unpaired) electrons. The lowest BCUT2D eigenvalue weighted by Gasteiger charge is -2.34. The van der Waals surface area contributed by atoms with E-state index in [4.69, 9.17) is 4.74 Å². The Hall–Kier alpha value is -1.72. The molecule has 21 heavy (non-hydrogen) atoms. The highest BCUT2D eigenvalue weighted by atomic mass is 16.5. The molecular weight excluding hydrogens is 268 g/mol. The maximum Gasteiger partial charge on any atom is 0.241 e. The first-order valence-electron chi connectivity index (χ1n) is 7.25. The van der Waals surface area contributed by atoms with E-state index >= 15 is 0 Å². The summed E-state index contributed by atoms with van der Waals surface area (Å²) in [5.74, 6) is -0.0248. The van der Waals surface area contributed by atoms with Gasteiger partial charge in [0.1, 0.15) is 0 Å². The molecule has 0 aliphatic carbocycles. The van der Waals surface area contributed by atoms with Crippen molar-refractivity contribution in [1.82, 2.24) is 4.90 Å². The first kappa shape index (κ1) is 15.7. The van der Waals surface area contributed by atoms with Gasteiger partial charge in [0.25, 0.3) is 0 Å². The average molecular weight is 290 g/mol. The molecule has 2 rings (SSSR count). The van der Waals surface area contributed by atoms with E-state index in [1.54, 1.807) is 24.3 Å². The van der Waals surface area contributed by atoms with Gasteiger partial charge in [-0.3, -0.25) is 14.5 Å². The number of carbonyl (C=O) groups excluding carboxylic acids is 2. The third-order valence-corrected chi connectivity index (χ3v) is 3.76. The summed E-state index contributed by atoms with van der Waals surface area (Å²) in [6.45, 7) is 7.62. The molecule has 2 unspecified atom stereocenters. The number of rotatable bonds is 4. The quantitative estimate of drug-likeness (QED) is 0.861. The number of ether oxygens (including phenoxy) is 1. The molecule has 1 aromatic carbocycles. The number of Topliss-reactive ketones (excluding diaryl/α,β-unsaturated/α-hetero) is 1. The lowest BCUT2D eigenvalue weighted by Crippen LogP contribution is -2.50. The summed E-state index contributed by atoms with van der Waals surface area (Å²) in [7, 11) is 0. The molecule has 2 atom stereocenters. The summed E-state index contributed by atoms with van der Waals surface area (Å²) in [6, 6.07) is 6.75. The Balaban J connectivity index is 1.95. The molecule has 5 heteroatoms. The molecule has 5 nitrogen and oxygen atoms in total. The normalized spacial score (nSPS) is 20.8. The molecule has 0 aromatic heterocycles. The van der Waals surface area contributed by atoms with Crippen molar-refractivity contribution in [3.8, 4) is 0 Å². The van der Waals surface area contributed by atoms with Crippen LogP contribution in [-0.4, -0.2) is 48.4 Å². The van der Waals surface area contributed by atoms with Crippen molar-refractivity contribution >= 4 is 17.4 Å². The van der Waals surface area contributed by atoms with Gasteiger partial charge in [0.05, 0.1) is 18.8 Å². The van der Waals surface area contributed by atoms with Gasteiger partial charge < -0.3 is 10.1 Å². The van der Waals surface area contributed by atoms with E-state index in [2.05, 4.69) is 10.2 Å². The number of nitrogens with one attached hydrogen (secondary N) is 1. The maximum absolute atomic E-state index is 12.3. The van der Waals surface area contributed by atoms with Crippen LogP contribution in [0.4, 0.5) is 5.69 Å². The molecule has 0 bridgehead atoms. The molecule has 1 saturated heterocycles. The lowest BCUT2D eigenvalue weighted by atomic mass is 10.1. The molecule has 1 fully saturated rings. The van der Waals surface area contributed by atoms with Gasteiger partial charge in [-0.05, 0) is 45.0 Å². The molecule has 1 aliphatic heterocycles. The Labute approximate surface area is 125 Å². The van der Waals surface area contributed by atoms with Gasteiger partial charge in [-0.2, -0.15) is 0 Å². The van der Waals surface area contributed by atoms with Gasteiger partial charge in [-0.1, -0.05) is 0 Å². The first-order valence-corrected chi connectivity index (χ1v) is 7.25. The number of hydrogen-bond acceptors (Lipinski definition) is 4. The largest absolute Gasteiger partial charge is 0.376 e. The van der Waals surface area contributed by atoms with E-state index in [1.807, 2.05) is 13.8 Å². The van der Waals surface area contributed by atoms with Crippen LogP contribution >= 0.6 is 0 Å². The fourth-order valence-corrected chi connectivity index (χ4v) is 2.40. The summed E-state index contributed by atoms with van der Waals surface area (Å²) in [5, 5.41) is 2.89. The number of benzene rings is 1. The van der Waals surface area contributed by atoms with Gasteiger partial charge in [0, 0.05) is 24.3 Å². The van der Waals surface area contributed by atoms with Crippen LogP contribution in [0.1, 0.15) is 31.1 Å². The van der Waals surface area contributed by atoms with Gasteiger partial charge in [-0.25, -0.2) is 0 Å². The molecule has 114 valence electrons. The highest BCUT2D eigenvalue weighted by Gasteiger charge is 2.25. The van der Waals surface area contributed by atoms with E-state index in [1.165, 1.54) is 6.92 Å². The Morgan fingerprint density at radius 1 is 1.33 bits per heavy atom. The van der Waals surface area contributed by atoms with Gasteiger partial charge in [0.15, 0.2) is 5.78 Å². The van der Waals surface area contributed by atoms with Crippen LogP contribution in [0.25, 0.3) is 0 Å². The fraction of sp³-hybridized carbons (Fsp3) is 0.500. The molecule has 0 spiro atoms. The van der Waals surface area contributed by atoms with Crippen molar-refractivity contribution in [3.05, 3.63) is 29.8 Å². The highest BCUT2D eigenvalue weighted by molar-refractivity contribution is 5.96. The van der Waals surface area contributed by atoms with Crippen LogP contribution < -0.4 is 5.32 Å². The molecule has 1 amide bonds. The van der Waals surface area contributed by atoms with E-state index in [-0.39, 0.29) is 23.8 Å². The van der Waals surface area contributed by atoms with Crippen LogP contribution in [0.5, 0.6) is 0 Å². The lowest BCUT2D eigenvalue weighted by molar-refractivity contribution is -0.123. The zero-order valence-corrected chi connectivity index (χ0v) is 12.8. The maximum atomic E-state index is 12.3. The van der Waals surface area contributed by atoms with Gasteiger partial charge in [0.2, 0.25) is 5.91 Å². The van der Waals surface area contributed by atoms with Crippen molar-refractivity contribution in [2.75, 3.05) is 25.0 Å².